The third kappa shape index (κ3) is 0.659. The van der Waals surface area contributed by atoms with E-state index in [-0.39, 0.29) is 11.4 Å². The molecule has 9 heavy (non-hydrogen) atoms. The Labute approximate surface area is 50.5 Å². The molecule has 0 bridgehead atoms. The van der Waals surface area contributed by atoms with E-state index < -0.39 is 5.91 Å². The average molecular weight is 122 g/mol. The van der Waals surface area contributed by atoms with Crippen LogP contribution in [0.3, 0.4) is 0 Å². The minimum absolute atomic E-state index is 0.0949. The third-order valence-electron chi connectivity index (χ3n) is 0.830. The highest BCUT2D eigenvalue weighted by Gasteiger charge is 2.17. The number of hydrogen-bond donors (Lipinski definition) is 1. The zero-order valence-electron chi connectivity index (χ0n) is 4.33. The maximum absolute atomic E-state index is 10.4. The van der Waals surface area contributed by atoms with Gasteiger partial charge in [-0.05, 0) is 0 Å². The SMILES string of the molecule is N#CC1=C(N)N=NC1=O. The summed E-state index contributed by atoms with van der Waals surface area (Å²) in [4.78, 5) is 10.4. The molecule has 1 aliphatic heterocycles. The van der Waals surface area contributed by atoms with E-state index in [0.717, 1.165) is 0 Å². The molecular formula is C4H2N4O. The molecule has 0 fully saturated rings. The number of nitriles is 1. The van der Waals surface area contributed by atoms with Gasteiger partial charge in [0.1, 0.15) is 6.07 Å². The molecule has 0 saturated carbocycles. The van der Waals surface area contributed by atoms with Gasteiger partial charge in [-0.25, -0.2) is 0 Å². The van der Waals surface area contributed by atoms with Crippen molar-refractivity contribution >= 4 is 5.91 Å². The van der Waals surface area contributed by atoms with Crippen LogP contribution in [0, 0.1) is 11.3 Å². The lowest BCUT2D eigenvalue weighted by Crippen LogP contribution is -1.98. The molecule has 0 aromatic rings. The van der Waals surface area contributed by atoms with Crippen LogP contribution in [0.2, 0.25) is 0 Å². The molecule has 2 N–H and O–H groups in total. The fraction of sp³-hybridized carbons (Fsp3) is 0. The Hall–Kier alpha value is -1.70. The van der Waals surface area contributed by atoms with Crippen molar-refractivity contribution in [2.45, 2.75) is 0 Å². The molecule has 0 unspecified atom stereocenters. The second-order valence-electron chi connectivity index (χ2n) is 1.38. The first-order valence-electron chi connectivity index (χ1n) is 2.11. The Kier molecular flexibility index (Phi) is 1.01. The lowest BCUT2D eigenvalue weighted by Gasteiger charge is -1.79. The second kappa shape index (κ2) is 1.67. The number of amides is 1. The van der Waals surface area contributed by atoms with Crippen LogP contribution in [0.4, 0.5) is 0 Å². The quantitative estimate of drug-likeness (QED) is 0.476. The molecule has 1 amide bonds. The molecule has 5 nitrogen and oxygen atoms in total. The van der Waals surface area contributed by atoms with Crippen molar-refractivity contribution in [1.29, 1.82) is 5.26 Å². The number of azo groups is 1. The summed E-state index contributed by atoms with van der Waals surface area (Å²) in [7, 11) is 0. The number of nitrogens with two attached hydrogens (primary N) is 1. The summed E-state index contributed by atoms with van der Waals surface area (Å²) >= 11 is 0. The maximum atomic E-state index is 10.4. The predicted octanol–water partition coefficient (Wildman–Crippen LogP) is -0.327. The van der Waals surface area contributed by atoms with Crippen LogP contribution in [0.5, 0.6) is 0 Å². The summed E-state index contributed by atoms with van der Waals surface area (Å²) in [5, 5.41) is 14.4. The smallest absolute Gasteiger partial charge is 0.309 e. The van der Waals surface area contributed by atoms with E-state index in [9.17, 15) is 4.79 Å². The number of nitrogens with zero attached hydrogens (tertiary/aromatic N) is 3. The first kappa shape index (κ1) is 5.44. The Balaban J connectivity index is 3.10. The van der Waals surface area contributed by atoms with Crippen LogP contribution >= 0.6 is 0 Å². The van der Waals surface area contributed by atoms with Crippen molar-refractivity contribution in [1.82, 2.24) is 0 Å². The monoisotopic (exact) mass is 122 g/mol. The summed E-state index contributed by atoms with van der Waals surface area (Å²) in [6.07, 6.45) is 0. The van der Waals surface area contributed by atoms with Crippen LogP contribution in [-0.4, -0.2) is 5.91 Å². The molecule has 1 aliphatic rings. The third-order valence-corrected chi connectivity index (χ3v) is 0.830. The standard InChI is InChI=1S/C4H2N4O/c5-1-2-3(6)7-8-4(2)9/h6H2. The fourth-order valence-electron chi connectivity index (χ4n) is 0.414. The molecule has 0 aromatic heterocycles. The molecule has 5 heteroatoms. The van der Waals surface area contributed by atoms with Gasteiger partial charge in [0, 0.05) is 0 Å². The maximum Gasteiger partial charge on any atom is 0.309 e. The van der Waals surface area contributed by atoms with E-state index in [1.807, 2.05) is 0 Å². The van der Waals surface area contributed by atoms with E-state index in [4.69, 9.17) is 11.0 Å². The van der Waals surface area contributed by atoms with Gasteiger partial charge in [-0.15, -0.1) is 10.2 Å². The van der Waals surface area contributed by atoms with Gasteiger partial charge in [0.25, 0.3) is 0 Å². The van der Waals surface area contributed by atoms with E-state index in [1.165, 1.54) is 0 Å². The molecular weight excluding hydrogens is 120 g/mol. The number of carbonyl (C=O) groups is 1. The highest BCUT2D eigenvalue weighted by atomic mass is 16.2. The van der Waals surface area contributed by atoms with Crippen molar-refractivity contribution in [3.63, 3.8) is 0 Å². The molecule has 0 spiro atoms. The minimum atomic E-state index is -0.657. The van der Waals surface area contributed by atoms with Gasteiger partial charge in [0.15, 0.2) is 11.4 Å². The Bertz CT molecular complexity index is 256. The van der Waals surface area contributed by atoms with Crippen LogP contribution in [-0.2, 0) is 4.79 Å². The Morgan fingerprint density at radius 3 is 2.44 bits per heavy atom. The molecule has 0 radical (unpaired) electrons. The first-order valence-corrected chi connectivity index (χ1v) is 2.11. The van der Waals surface area contributed by atoms with Crippen LogP contribution in [0.1, 0.15) is 0 Å². The van der Waals surface area contributed by atoms with Gasteiger partial charge in [-0.1, -0.05) is 0 Å². The van der Waals surface area contributed by atoms with Gasteiger partial charge < -0.3 is 5.73 Å². The van der Waals surface area contributed by atoms with Crippen molar-refractivity contribution < 1.29 is 4.79 Å². The zero-order valence-corrected chi connectivity index (χ0v) is 4.33. The van der Waals surface area contributed by atoms with Gasteiger partial charge in [-0.2, -0.15) is 5.26 Å². The lowest BCUT2D eigenvalue weighted by atomic mass is 10.3. The Morgan fingerprint density at radius 1 is 1.56 bits per heavy atom. The molecule has 44 valence electrons. The molecule has 1 rings (SSSR count). The topological polar surface area (TPSA) is 91.6 Å². The van der Waals surface area contributed by atoms with Crippen LogP contribution < -0.4 is 5.73 Å². The van der Waals surface area contributed by atoms with E-state index in [0.29, 0.717) is 0 Å². The highest BCUT2D eigenvalue weighted by Crippen LogP contribution is 2.09. The van der Waals surface area contributed by atoms with Gasteiger partial charge >= 0.3 is 5.91 Å². The van der Waals surface area contributed by atoms with Gasteiger partial charge in [0.2, 0.25) is 0 Å². The van der Waals surface area contributed by atoms with E-state index in [2.05, 4.69) is 10.2 Å². The Morgan fingerprint density at radius 2 is 2.22 bits per heavy atom. The minimum Gasteiger partial charge on any atom is -0.381 e. The largest absolute Gasteiger partial charge is 0.381 e. The molecule has 0 saturated heterocycles. The molecule has 0 atom stereocenters. The summed E-state index contributed by atoms with van der Waals surface area (Å²) in [6.45, 7) is 0. The van der Waals surface area contributed by atoms with E-state index >= 15 is 0 Å². The summed E-state index contributed by atoms with van der Waals surface area (Å²) < 4.78 is 0. The second-order valence-corrected chi connectivity index (χ2v) is 1.38. The number of carbonyl (C=O) groups excluding carboxylic acids is 1. The van der Waals surface area contributed by atoms with Crippen molar-refractivity contribution in [3.05, 3.63) is 11.4 Å². The lowest BCUT2D eigenvalue weighted by molar-refractivity contribution is -0.114. The van der Waals surface area contributed by atoms with E-state index in [1.54, 1.807) is 6.07 Å². The summed E-state index contributed by atoms with van der Waals surface area (Å²) in [6, 6.07) is 1.58. The number of hydrogen-bond acceptors (Lipinski definition) is 4. The molecule has 1 heterocycles. The molecule has 0 aliphatic carbocycles. The first-order chi connectivity index (χ1) is 4.25. The van der Waals surface area contributed by atoms with Crippen LogP contribution in [0.25, 0.3) is 0 Å². The van der Waals surface area contributed by atoms with Gasteiger partial charge in [-0.3, -0.25) is 4.79 Å². The average Bonchev–Trinajstić information content (AvgIpc) is 2.12. The van der Waals surface area contributed by atoms with Crippen molar-refractivity contribution in [2.75, 3.05) is 0 Å². The predicted molar refractivity (Wildman–Crippen MR) is 26.7 cm³/mol. The van der Waals surface area contributed by atoms with Crippen molar-refractivity contribution in [3.8, 4) is 6.07 Å². The van der Waals surface area contributed by atoms with Gasteiger partial charge in [0.05, 0.1) is 0 Å². The highest BCUT2D eigenvalue weighted by molar-refractivity contribution is 5.99. The zero-order chi connectivity index (χ0) is 6.85. The molecule has 0 aromatic carbocycles. The fourth-order valence-corrected chi connectivity index (χ4v) is 0.414. The summed E-state index contributed by atoms with van der Waals surface area (Å²) in [5.41, 5.74) is 4.88. The summed E-state index contributed by atoms with van der Waals surface area (Å²) in [5.74, 6) is -0.752. The number of rotatable bonds is 0. The van der Waals surface area contributed by atoms with Crippen molar-refractivity contribution in [2.24, 2.45) is 16.0 Å². The van der Waals surface area contributed by atoms with Crippen LogP contribution in [0.15, 0.2) is 21.6 Å². The normalized spacial score (nSPS) is 16.6.